The molecule has 0 bridgehead atoms. The maximum atomic E-state index is 6.04. The van der Waals surface area contributed by atoms with Gasteiger partial charge in [0.1, 0.15) is 0 Å². The molecule has 1 saturated carbocycles. The number of nitrogens with zero attached hydrogens (tertiary/aromatic N) is 2. The summed E-state index contributed by atoms with van der Waals surface area (Å²) in [7, 11) is 0. The molecule has 2 aliphatic heterocycles. The van der Waals surface area contributed by atoms with Gasteiger partial charge in [-0.2, -0.15) is 0 Å². The molecular formula is C18H26N2O2. The molecule has 0 aromatic carbocycles. The fourth-order valence-electron chi connectivity index (χ4n) is 3.83. The van der Waals surface area contributed by atoms with Gasteiger partial charge in [-0.1, -0.05) is 6.07 Å². The van der Waals surface area contributed by atoms with Crippen molar-refractivity contribution in [1.29, 1.82) is 0 Å². The fraction of sp³-hybridized carbons (Fsp3) is 0.722. The zero-order valence-electron chi connectivity index (χ0n) is 13.2. The van der Waals surface area contributed by atoms with E-state index in [4.69, 9.17) is 9.47 Å². The van der Waals surface area contributed by atoms with Gasteiger partial charge in [0.25, 0.3) is 0 Å². The molecule has 1 aromatic rings. The van der Waals surface area contributed by atoms with Crippen LogP contribution in [0.15, 0.2) is 24.5 Å². The number of likely N-dealkylation sites (tertiary alicyclic amines) is 1. The maximum absolute atomic E-state index is 6.04. The Bertz CT molecular complexity index is 477. The third-order valence-corrected chi connectivity index (χ3v) is 5.33. The summed E-state index contributed by atoms with van der Waals surface area (Å²) in [4.78, 5) is 6.73. The minimum atomic E-state index is 0.435. The van der Waals surface area contributed by atoms with Crippen molar-refractivity contribution in [3.05, 3.63) is 30.1 Å². The van der Waals surface area contributed by atoms with Crippen molar-refractivity contribution in [2.24, 2.45) is 17.8 Å². The summed E-state index contributed by atoms with van der Waals surface area (Å²) in [6.07, 6.45) is 8.15. The lowest BCUT2D eigenvalue weighted by molar-refractivity contribution is 0.0833. The largest absolute Gasteiger partial charge is 0.381 e. The van der Waals surface area contributed by atoms with E-state index in [0.717, 1.165) is 51.8 Å². The Morgan fingerprint density at radius 3 is 3.09 bits per heavy atom. The summed E-state index contributed by atoms with van der Waals surface area (Å²) < 4.78 is 11.8. The Labute approximate surface area is 132 Å². The molecule has 3 atom stereocenters. The molecule has 4 rings (SSSR count). The Balaban J connectivity index is 1.23. The van der Waals surface area contributed by atoms with Crippen LogP contribution in [0, 0.1) is 17.8 Å². The highest BCUT2D eigenvalue weighted by molar-refractivity contribution is 5.09. The van der Waals surface area contributed by atoms with Crippen LogP contribution in [0.2, 0.25) is 0 Å². The lowest BCUT2D eigenvalue weighted by Gasteiger charge is -2.19. The third kappa shape index (κ3) is 3.50. The van der Waals surface area contributed by atoms with E-state index in [1.165, 1.54) is 18.4 Å². The summed E-state index contributed by atoms with van der Waals surface area (Å²) in [5.41, 5.74) is 1.30. The first-order chi connectivity index (χ1) is 10.9. The van der Waals surface area contributed by atoms with Crippen LogP contribution in [0.25, 0.3) is 0 Å². The van der Waals surface area contributed by atoms with Crippen molar-refractivity contribution in [2.45, 2.75) is 31.9 Å². The zero-order chi connectivity index (χ0) is 14.8. The van der Waals surface area contributed by atoms with Gasteiger partial charge < -0.3 is 9.47 Å². The summed E-state index contributed by atoms with van der Waals surface area (Å²) in [6, 6.07) is 4.17. The standard InChI is InChI=1S/C18H26N2O2/c1-2-15(8-19-6-1)9-20-10-17-16(13-22-18(17)11-20)5-7-21-12-14-3-4-14/h1-2,6,8,14,16-18H,3-5,7,9-13H2/t16-,17-,18-/m1/s1. The van der Waals surface area contributed by atoms with E-state index in [2.05, 4.69) is 16.0 Å². The van der Waals surface area contributed by atoms with Gasteiger partial charge in [0.15, 0.2) is 0 Å². The Kier molecular flexibility index (Phi) is 4.42. The van der Waals surface area contributed by atoms with E-state index in [9.17, 15) is 0 Å². The first-order valence-electron chi connectivity index (χ1n) is 8.69. The third-order valence-electron chi connectivity index (χ3n) is 5.33. The summed E-state index contributed by atoms with van der Waals surface area (Å²) >= 11 is 0. The van der Waals surface area contributed by atoms with E-state index in [-0.39, 0.29) is 0 Å². The molecule has 0 radical (unpaired) electrons. The van der Waals surface area contributed by atoms with Crippen molar-refractivity contribution >= 4 is 0 Å². The second kappa shape index (κ2) is 6.65. The van der Waals surface area contributed by atoms with Crippen LogP contribution in [0.3, 0.4) is 0 Å². The Hall–Kier alpha value is -0.970. The normalized spacial score (nSPS) is 31.5. The first-order valence-corrected chi connectivity index (χ1v) is 8.69. The predicted molar refractivity (Wildman–Crippen MR) is 84.4 cm³/mol. The molecule has 120 valence electrons. The highest BCUT2D eigenvalue weighted by Gasteiger charge is 2.43. The maximum Gasteiger partial charge on any atom is 0.0746 e. The monoisotopic (exact) mass is 302 g/mol. The van der Waals surface area contributed by atoms with E-state index in [0.29, 0.717) is 17.9 Å². The van der Waals surface area contributed by atoms with Crippen LogP contribution in [0.5, 0.6) is 0 Å². The number of ether oxygens (including phenoxy) is 2. The fourth-order valence-corrected chi connectivity index (χ4v) is 3.83. The highest BCUT2D eigenvalue weighted by Crippen LogP contribution is 2.36. The van der Waals surface area contributed by atoms with E-state index in [1.54, 1.807) is 0 Å². The minimum absolute atomic E-state index is 0.435. The van der Waals surface area contributed by atoms with Gasteiger partial charge in [0.05, 0.1) is 12.7 Å². The van der Waals surface area contributed by atoms with Gasteiger partial charge >= 0.3 is 0 Å². The molecule has 3 heterocycles. The lowest BCUT2D eigenvalue weighted by Crippen LogP contribution is -2.24. The van der Waals surface area contributed by atoms with Crippen LogP contribution in [0.1, 0.15) is 24.8 Å². The molecule has 0 amide bonds. The van der Waals surface area contributed by atoms with E-state index in [1.807, 2.05) is 18.5 Å². The second-order valence-corrected chi connectivity index (χ2v) is 7.16. The number of aromatic nitrogens is 1. The molecule has 2 saturated heterocycles. The average molecular weight is 302 g/mol. The second-order valence-electron chi connectivity index (χ2n) is 7.16. The van der Waals surface area contributed by atoms with Crippen molar-refractivity contribution in [2.75, 3.05) is 32.9 Å². The molecular weight excluding hydrogens is 276 g/mol. The number of hydrogen-bond acceptors (Lipinski definition) is 4. The SMILES string of the molecule is c1cncc(CN2C[C@@H]3[C@H](CCOCC4CC4)CO[C@@H]3C2)c1. The van der Waals surface area contributed by atoms with Gasteiger partial charge in [-0.05, 0) is 42.7 Å². The highest BCUT2D eigenvalue weighted by atomic mass is 16.5. The van der Waals surface area contributed by atoms with Gasteiger partial charge in [0.2, 0.25) is 0 Å². The smallest absolute Gasteiger partial charge is 0.0746 e. The number of pyridine rings is 1. The van der Waals surface area contributed by atoms with Crippen LogP contribution < -0.4 is 0 Å². The molecule has 3 aliphatic rings. The van der Waals surface area contributed by atoms with E-state index >= 15 is 0 Å². The predicted octanol–water partition coefficient (Wildman–Crippen LogP) is 2.35. The summed E-state index contributed by atoms with van der Waals surface area (Å²) in [5.74, 6) is 2.25. The van der Waals surface area contributed by atoms with Crippen molar-refractivity contribution in [3.63, 3.8) is 0 Å². The van der Waals surface area contributed by atoms with Crippen LogP contribution in [-0.2, 0) is 16.0 Å². The minimum Gasteiger partial charge on any atom is -0.381 e. The van der Waals surface area contributed by atoms with Crippen molar-refractivity contribution < 1.29 is 9.47 Å². The molecule has 4 heteroatoms. The summed E-state index contributed by atoms with van der Waals surface area (Å²) in [5, 5.41) is 0. The number of hydrogen-bond donors (Lipinski definition) is 0. The molecule has 1 aromatic heterocycles. The topological polar surface area (TPSA) is 34.6 Å². The quantitative estimate of drug-likeness (QED) is 0.724. The summed E-state index contributed by atoms with van der Waals surface area (Å²) in [6.45, 7) is 6.05. The van der Waals surface area contributed by atoms with Gasteiger partial charge in [-0.15, -0.1) is 0 Å². The molecule has 3 fully saturated rings. The molecule has 4 nitrogen and oxygen atoms in total. The first kappa shape index (κ1) is 14.6. The molecule has 22 heavy (non-hydrogen) atoms. The Morgan fingerprint density at radius 2 is 2.27 bits per heavy atom. The van der Waals surface area contributed by atoms with Gasteiger partial charge in [-0.25, -0.2) is 0 Å². The van der Waals surface area contributed by atoms with Gasteiger partial charge in [-0.3, -0.25) is 9.88 Å². The molecule has 0 unspecified atom stereocenters. The van der Waals surface area contributed by atoms with Crippen molar-refractivity contribution in [3.8, 4) is 0 Å². The molecule has 0 N–H and O–H groups in total. The van der Waals surface area contributed by atoms with Crippen LogP contribution >= 0.6 is 0 Å². The van der Waals surface area contributed by atoms with Crippen molar-refractivity contribution in [1.82, 2.24) is 9.88 Å². The van der Waals surface area contributed by atoms with Crippen LogP contribution in [-0.4, -0.2) is 48.9 Å². The van der Waals surface area contributed by atoms with Gasteiger partial charge in [0, 0.05) is 51.2 Å². The average Bonchev–Trinajstić information content (AvgIpc) is 3.17. The Morgan fingerprint density at radius 1 is 1.32 bits per heavy atom. The zero-order valence-corrected chi connectivity index (χ0v) is 13.2. The van der Waals surface area contributed by atoms with Crippen LogP contribution in [0.4, 0.5) is 0 Å². The molecule has 0 spiro atoms. The lowest BCUT2D eigenvalue weighted by atomic mass is 9.91. The number of fused-ring (bicyclic) bond motifs is 1. The number of rotatable bonds is 7. The van der Waals surface area contributed by atoms with E-state index < -0.39 is 0 Å². The molecule has 1 aliphatic carbocycles.